The molecule has 0 aliphatic rings. The van der Waals surface area contributed by atoms with Gasteiger partial charge in [0.25, 0.3) is 0 Å². The topological polar surface area (TPSA) is 26.0 Å². The Hall–Kier alpha value is -0.0400. The van der Waals surface area contributed by atoms with Crippen molar-refractivity contribution >= 4 is 0 Å². The highest BCUT2D eigenvalue weighted by Gasteiger charge is 2.32. The zero-order chi connectivity index (χ0) is 15.5. The molecule has 0 aromatic heterocycles. The predicted octanol–water partition coefficient (Wildman–Crippen LogP) is 6.02. The fourth-order valence-electron chi connectivity index (χ4n) is 3.34. The van der Waals surface area contributed by atoms with Crippen molar-refractivity contribution in [1.82, 2.24) is 0 Å². The van der Waals surface area contributed by atoms with Crippen LogP contribution in [0.2, 0.25) is 0 Å². The lowest BCUT2D eigenvalue weighted by Crippen LogP contribution is -2.29. The predicted molar refractivity (Wildman–Crippen MR) is 90.5 cm³/mol. The molecule has 1 nitrogen and oxygen atoms in total. The van der Waals surface area contributed by atoms with Crippen molar-refractivity contribution in [2.24, 2.45) is 22.5 Å². The molecular weight excluding hydrogens is 230 g/mol. The minimum absolute atomic E-state index is 0.459. The van der Waals surface area contributed by atoms with Gasteiger partial charge in [0.05, 0.1) is 0 Å². The van der Waals surface area contributed by atoms with Gasteiger partial charge >= 0.3 is 0 Å². The monoisotopic (exact) mass is 271 g/mol. The van der Waals surface area contributed by atoms with Crippen molar-refractivity contribution in [2.45, 2.75) is 93.4 Å². The Bertz CT molecular complexity index is 180. The van der Waals surface area contributed by atoms with E-state index in [-0.39, 0.29) is 0 Å². The average Bonchev–Trinajstić information content (AvgIpc) is 2.28. The molecule has 0 heterocycles. The van der Waals surface area contributed by atoms with E-state index in [1.54, 1.807) is 0 Å². The van der Waals surface area contributed by atoms with Crippen LogP contribution in [0.1, 0.15) is 93.4 Å². The van der Waals surface area contributed by atoms with Crippen LogP contribution in [-0.2, 0) is 0 Å². The van der Waals surface area contributed by atoms with Gasteiger partial charge in [-0.1, -0.05) is 74.1 Å². The molecule has 0 unspecified atom stereocenters. The first kappa shape index (κ1) is 21.3. The number of hydrogen-bond donors (Lipinski definition) is 1. The molecule has 0 radical (unpaired) electrons. The van der Waals surface area contributed by atoms with E-state index in [9.17, 15) is 0 Å². The summed E-state index contributed by atoms with van der Waals surface area (Å²) in [7, 11) is 1.50. The van der Waals surface area contributed by atoms with Crippen molar-refractivity contribution in [3.63, 3.8) is 0 Å². The van der Waals surface area contributed by atoms with Gasteiger partial charge in [-0.05, 0) is 43.1 Å². The molecule has 0 atom stereocenters. The Morgan fingerprint density at radius 2 is 1.16 bits per heavy atom. The molecule has 0 spiro atoms. The van der Waals surface area contributed by atoms with Gasteiger partial charge in [0.15, 0.2) is 0 Å². The smallest absolute Gasteiger partial charge is 0.0195 e. The molecule has 0 aromatic rings. The first-order valence-electron chi connectivity index (χ1n) is 8.30. The summed E-state index contributed by atoms with van der Waals surface area (Å²) in [5.74, 6) is 0.918. The molecule has 19 heavy (non-hydrogen) atoms. The van der Waals surface area contributed by atoms with Crippen molar-refractivity contribution in [3.8, 4) is 0 Å². The van der Waals surface area contributed by atoms with E-state index < -0.39 is 0 Å². The van der Waals surface area contributed by atoms with Gasteiger partial charge < -0.3 is 5.73 Å². The molecular formula is C18H41N. The molecule has 0 rings (SSSR count). The lowest BCUT2D eigenvalue weighted by molar-refractivity contribution is 0.112. The quantitative estimate of drug-likeness (QED) is 0.574. The zero-order valence-corrected chi connectivity index (χ0v) is 15.1. The summed E-state index contributed by atoms with van der Waals surface area (Å²) >= 11 is 0. The molecule has 0 bridgehead atoms. The highest BCUT2D eigenvalue weighted by atomic mass is 14.4. The number of hydrogen-bond acceptors (Lipinski definition) is 1. The summed E-state index contributed by atoms with van der Waals surface area (Å²) in [6.07, 6.45) is 9.70. The maximum atomic E-state index is 4.50. The van der Waals surface area contributed by atoms with Gasteiger partial charge in [0, 0.05) is 0 Å². The second kappa shape index (κ2) is 10.7. The van der Waals surface area contributed by atoms with E-state index in [2.05, 4.69) is 54.2 Å². The molecule has 0 aromatic carbocycles. The van der Waals surface area contributed by atoms with Crippen LogP contribution < -0.4 is 5.73 Å². The van der Waals surface area contributed by atoms with E-state index in [4.69, 9.17) is 0 Å². The normalized spacial score (nSPS) is 12.3. The van der Waals surface area contributed by atoms with Crippen LogP contribution in [0.3, 0.4) is 0 Å². The molecule has 0 fully saturated rings. The van der Waals surface area contributed by atoms with E-state index in [0.29, 0.717) is 10.8 Å². The van der Waals surface area contributed by atoms with E-state index in [0.717, 1.165) is 5.92 Å². The van der Waals surface area contributed by atoms with Crippen LogP contribution in [0.4, 0.5) is 0 Å². The molecule has 118 valence electrons. The maximum absolute atomic E-state index is 4.50. The fourth-order valence-corrected chi connectivity index (χ4v) is 3.34. The number of nitrogens with two attached hydrogens (primary N) is 1. The number of unbranched alkanes of at least 4 members (excludes halogenated alkanes) is 2. The molecule has 0 amide bonds. The zero-order valence-electron chi connectivity index (χ0n) is 15.1. The summed E-state index contributed by atoms with van der Waals surface area (Å²) in [5.41, 5.74) is 5.46. The summed E-state index contributed by atoms with van der Waals surface area (Å²) in [4.78, 5) is 0. The molecule has 0 saturated carbocycles. The Morgan fingerprint density at radius 1 is 0.789 bits per heavy atom. The first-order valence-corrected chi connectivity index (χ1v) is 8.30. The Morgan fingerprint density at radius 3 is 1.42 bits per heavy atom. The lowest BCUT2D eigenvalue weighted by Gasteiger charge is -2.39. The van der Waals surface area contributed by atoms with Gasteiger partial charge in [-0.2, -0.15) is 0 Å². The maximum Gasteiger partial charge on any atom is -0.0195 e. The second-order valence-corrected chi connectivity index (χ2v) is 7.71. The summed E-state index contributed by atoms with van der Waals surface area (Å²) in [6.45, 7) is 16.8. The summed E-state index contributed by atoms with van der Waals surface area (Å²) in [6, 6.07) is 0. The molecule has 1 heteroatoms. The standard InChI is InChI=1S/C17H36.CH5N/c1-8-10-12-15(13-11-9-2)17(6,7)14-16(3,4)5;1-2/h15H,8-14H2,1-7H3;2H2,1H3. The van der Waals surface area contributed by atoms with Gasteiger partial charge in [-0.3, -0.25) is 0 Å². The Kier molecular flexibility index (Phi) is 12.0. The fraction of sp³-hybridized carbons (Fsp3) is 1.00. The highest BCUT2D eigenvalue weighted by molar-refractivity contribution is 4.83. The van der Waals surface area contributed by atoms with Crippen molar-refractivity contribution in [3.05, 3.63) is 0 Å². The van der Waals surface area contributed by atoms with E-state index >= 15 is 0 Å². The van der Waals surface area contributed by atoms with Gasteiger partial charge in [0.1, 0.15) is 0 Å². The third-order valence-electron chi connectivity index (χ3n) is 3.90. The third-order valence-corrected chi connectivity index (χ3v) is 3.90. The van der Waals surface area contributed by atoms with Crippen LogP contribution in [-0.4, -0.2) is 7.05 Å². The average molecular weight is 272 g/mol. The Labute approximate surface area is 123 Å². The van der Waals surface area contributed by atoms with Crippen molar-refractivity contribution < 1.29 is 0 Å². The van der Waals surface area contributed by atoms with Crippen LogP contribution in [0, 0.1) is 16.7 Å². The van der Waals surface area contributed by atoms with E-state index in [1.807, 2.05) is 0 Å². The highest BCUT2D eigenvalue weighted by Crippen LogP contribution is 2.43. The second-order valence-electron chi connectivity index (χ2n) is 7.71. The number of rotatable bonds is 8. The third kappa shape index (κ3) is 11.5. The Balaban J connectivity index is 0. The van der Waals surface area contributed by atoms with Crippen molar-refractivity contribution in [2.75, 3.05) is 7.05 Å². The molecule has 0 aliphatic heterocycles. The van der Waals surface area contributed by atoms with Gasteiger partial charge in [-0.15, -0.1) is 0 Å². The summed E-state index contributed by atoms with van der Waals surface area (Å²) < 4.78 is 0. The van der Waals surface area contributed by atoms with Crippen LogP contribution in [0.25, 0.3) is 0 Å². The van der Waals surface area contributed by atoms with Gasteiger partial charge in [-0.25, -0.2) is 0 Å². The van der Waals surface area contributed by atoms with Gasteiger partial charge in [0.2, 0.25) is 0 Å². The minimum atomic E-state index is 0.459. The van der Waals surface area contributed by atoms with E-state index in [1.165, 1.54) is 52.0 Å². The van der Waals surface area contributed by atoms with Crippen LogP contribution in [0.15, 0.2) is 0 Å². The lowest BCUT2D eigenvalue weighted by atomic mass is 9.66. The van der Waals surface area contributed by atoms with Crippen LogP contribution in [0.5, 0.6) is 0 Å². The van der Waals surface area contributed by atoms with Crippen LogP contribution >= 0.6 is 0 Å². The molecule has 0 aliphatic carbocycles. The van der Waals surface area contributed by atoms with Crippen molar-refractivity contribution in [1.29, 1.82) is 0 Å². The minimum Gasteiger partial charge on any atom is -0.333 e. The largest absolute Gasteiger partial charge is 0.333 e. The SMILES string of the molecule is CCCCC(CCCC)C(C)(C)CC(C)(C)C.CN. The summed E-state index contributed by atoms with van der Waals surface area (Å²) in [5, 5.41) is 0. The first-order chi connectivity index (χ1) is 8.73. The molecule has 0 saturated heterocycles. The molecule has 2 N–H and O–H groups in total.